The Labute approximate surface area is 118 Å². The Kier molecular flexibility index (Phi) is 3.12. The lowest BCUT2D eigenvalue weighted by Crippen LogP contribution is -2.04. The van der Waals surface area contributed by atoms with Crippen LogP contribution in [0.3, 0.4) is 0 Å². The fourth-order valence-electron chi connectivity index (χ4n) is 1.89. The van der Waals surface area contributed by atoms with Gasteiger partial charge in [0.25, 0.3) is 0 Å². The molecule has 0 aromatic carbocycles. The van der Waals surface area contributed by atoms with Gasteiger partial charge in [-0.2, -0.15) is 0 Å². The summed E-state index contributed by atoms with van der Waals surface area (Å²) in [5.41, 5.74) is 1.92. The minimum atomic E-state index is 0.246. The largest absolute Gasteiger partial charge is 0.365 e. The van der Waals surface area contributed by atoms with Crippen molar-refractivity contribution in [2.75, 3.05) is 5.32 Å². The number of nitrogens with one attached hydrogen (secondary N) is 1. The molecule has 3 heterocycles. The zero-order valence-corrected chi connectivity index (χ0v) is 12.0. The van der Waals surface area contributed by atoms with E-state index < -0.39 is 0 Å². The van der Waals surface area contributed by atoms with Crippen molar-refractivity contribution in [3.05, 3.63) is 33.7 Å². The first-order valence-corrected chi connectivity index (χ1v) is 6.97. The summed E-state index contributed by atoms with van der Waals surface area (Å²) in [6.45, 7) is 4.41. The second kappa shape index (κ2) is 4.79. The van der Waals surface area contributed by atoms with Crippen molar-refractivity contribution < 1.29 is 4.52 Å². The minimum absolute atomic E-state index is 0.246. The number of nitrogens with zero attached hydrogens (tertiary/aromatic N) is 3. The number of hydrogen-bond donors (Lipinski definition) is 1. The second-order valence-electron chi connectivity index (χ2n) is 4.14. The van der Waals surface area contributed by atoms with Gasteiger partial charge in [0, 0.05) is 12.1 Å². The Balaban J connectivity index is 1.91. The van der Waals surface area contributed by atoms with Crippen molar-refractivity contribution in [1.82, 2.24) is 15.1 Å². The Morgan fingerprint density at radius 2 is 2.21 bits per heavy atom. The summed E-state index contributed by atoms with van der Waals surface area (Å²) in [6.07, 6.45) is 0. The van der Waals surface area contributed by atoms with E-state index in [-0.39, 0.29) is 5.28 Å². The summed E-state index contributed by atoms with van der Waals surface area (Å²) >= 11 is 7.46. The summed E-state index contributed by atoms with van der Waals surface area (Å²) in [5.74, 6) is 1.54. The van der Waals surface area contributed by atoms with Crippen molar-refractivity contribution in [2.24, 2.45) is 0 Å². The number of hydrogen-bond acceptors (Lipinski definition) is 6. The first-order chi connectivity index (χ1) is 9.15. The van der Waals surface area contributed by atoms with E-state index in [9.17, 15) is 0 Å². The molecule has 5 nitrogen and oxygen atoms in total. The van der Waals surface area contributed by atoms with Gasteiger partial charge < -0.3 is 9.84 Å². The van der Waals surface area contributed by atoms with E-state index in [1.165, 1.54) is 11.3 Å². The Morgan fingerprint density at radius 1 is 1.37 bits per heavy atom. The van der Waals surface area contributed by atoms with Gasteiger partial charge in [-0.25, -0.2) is 9.97 Å². The molecule has 0 saturated heterocycles. The van der Waals surface area contributed by atoms with Crippen molar-refractivity contribution in [1.29, 1.82) is 0 Å². The highest BCUT2D eigenvalue weighted by molar-refractivity contribution is 7.16. The molecule has 0 amide bonds. The van der Waals surface area contributed by atoms with Crippen LogP contribution in [0, 0.1) is 13.8 Å². The average molecular weight is 295 g/mol. The lowest BCUT2D eigenvalue weighted by Gasteiger charge is -2.06. The highest BCUT2D eigenvalue weighted by atomic mass is 35.5. The molecule has 3 aromatic rings. The van der Waals surface area contributed by atoms with Gasteiger partial charge in [0.1, 0.15) is 16.4 Å². The molecule has 19 heavy (non-hydrogen) atoms. The van der Waals surface area contributed by atoms with E-state index in [2.05, 4.69) is 20.4 Å². The Morgan fingerprint density at radius 3 is 2.95 bits per heavy atom. The molecule has 0 aliphatic rings. The maximum absolute atomic E-state index is 5.92. The molecular formula is C12H11ClN4OS. The summed E-state index contributed by atoms with van der Waals surface area (Å²) in [4.78, 5) is 9.29. The van der Waals surface area contributed by atoms with Crippen LogP contribution in [0.4, 0.5) is 5.82 Å². The van der Waals surface area contributed by atoms with Crippen LogP contribution < -0.4 is 5.32 Å². The van der Waals surface area contributed by atoms with E-state index in [4.69, 9.17) is 16.1 Å². The predicted molar refractivity (Wildman–Crippen MR) is 75.7 cm³/mol. The van der Waals surface area contributed by atoms with Gasteiger partial charge in [-0.05, 0) is 36.9 Å². The molecule has 0 aliphatic carbocycles. The first kappa shape index (κ1) is 12.4. The van der Waals surface area contributed by atoms with Crippen molar-refractivity contribution >= 4 is 39.0 Å². The Bertz CT molecular complexity index is 717. The van der Waals surface area contributed by atoms with Gasteiger partial charge in [-0.15, -0.1) is 11.3 Å². The third-order valence-electron chi connectivity index (χ3n) is 2.91. The third kappa shape index (κ3) is 2.29. The summed E-state index contributed by atoms with van der Waals surface area (Å²) in [7, 11) is 0. The van der Waals surface area contributed by atoms with Crippen LogP contribution in [0.15, 0.2) is 16.0 Å². The van der Waals surface area contributed by atoms with Crippen molar-refractivity contribution in [3.8, 4) is 0 Å². The summed E-state index contributed by atoms with van der Waals surface area (Å²) in [5, 5.41) is 10.4. The standard InChI is InChI=1S/C12H11ClN4OS/c1-6-9(7(2)18-17-6)5-14-10-8-3-4-19-11(8)16-12(13)15-10/h3-4H,5H2,1-2H3,(H,14,15,16). The predicted octanol–water partition coefficient (Wildman–Crippen LogP) is 3.56. The van der Waals surface area contributed by atoms with Crippen LogP contribution in [0.2, 0.25) is 5.28 Å². The minimum Gasteiger partial charge on any atom is -0.365 e. The van der Waals surface area contributed by atoms with Crippen LogP contribution in [0.1, 0.15) is 17.0 Å². The number of aromatic nitrogens is 3. The highest BCUT2D eigenvalue weighted by Crippen LogP contribution is 2.27. The fraction of sp³-hybridized carbons (Fsp3) is 0.250. The monoisotopic (exact) mass is 294 g/mol. The maximum Gasteiger partial charge on any atom is 0.225 e. The zero-order valence-electron chi connectivity index (χ0n) is 10.4. The third-order valence-corrected chi connectivity index (χ3v) is 3.89. The number of halogens is 1. The molecule has 0 aliphatic heterocycles. The second-order valence-corrected chi connectivity index (χ2v) is 5.37. The van der Waals surface area contributed by atoms with Gasteiger partial charge in [0.2, 0.25) is 5.28 Å². The molecule has 0 fully saturated rings. The van der Waals surface area contributed by atoms with Gasteiger partial charge in [0.05, 0.1) is 11.1 Å². The maximum atomic E-state index is 5.92. The SMILES string of the molecule is Cc1noc(C)c1CNc1nc(Cl)nc2sccc12. The molecule has 3 aromatic heterocycles. The van der Waals surface area contributed by atoms with Crippen LogP contribution in [-0.2, 0) is 6.54 Å². The molecule has 98 valence electrons. The summed E-state index contributed by atoms with van der Waals surface area (Å²) < 4.78 is 5.13. The van der Waals surface area contributed by atoms with Gasteiger partial charge in [-0.1, -0.05) is 5.16 Å². The van der Waals surface area contributed by atoms with Crippen LogP contribution >= 0.6 is 22.9 Å². The molecule has 1 N–H and O–H groups in total. The fourth-order valence-corrected chi connectivity index (χ4v) is 2.87. The lowest BCUT2D eigenvalue weighted by atomic mass is 10.2. The first-order valence-electron chi connectivity index (χ1n) is 5.71. The van der Waals surface area contributed by atoms with Gasteiger partial charge in [0.15, 0.2) is 0 Å². The molecular weight excluding hydrogens is 284 g/mol. The van der Waals surface area contributed by atoms with E-state index in [0.717, 1.165) is 33.1 Å². The zero-order chi connectivity index (χ0) is 13.4. The normalized spacial score (nSPS) is 11.1. The molecule has 0 spiro atoms. The molecule has 0 saturated carbocycles. The van der Waals surface area contributed by atoms with E-state index in [0.29, 0.717) is 6.54 Å². The number of thiophene rings is 1. The smallest absolute Gasteiger partial charge is 0.225 e. The van der Waals surface area contributed by atoms with Crippen LogP contribution in [-0.4, -0.2) is 15.1 Å². The number of rotatable bonds is 3. The molecule has 0 atom stereocenters. The van der Waals surface area contributed by atoms with Crippen molar-refractivity contribution in [3.63, 3.8) is 0 Å². The quantitative estimate of drug-likeness (QED) is 0.748. The number of aryl methyl sites for hydroxylation is 2. The van der Waals surface area contributed by atoms with Gasteiger partial charge >= 0.3 is 0 Å². The van der Waals surface area contributed by atoms with Crippen LogP contribution in [0.5, 0.6) is 0 Å². The van der Waals surface area contributed by atoms with Crippen LogP contribution in [0.25, 0.3) is 10.2 Å². The number of fused-ring (bicyclic) bond motifs is 1. The lowest BCUT2D eigenvalue weighted by molar-refractivity contribution is 0.392. The number of anilines is 1. The summed E-state index contributed by atoms with van der Waals surface area (Å²) in [6, 6.07) is 1.98. The average Bonchev–Trinajstić information content (AvgIpc) is 2.95. The molecule has 0 bridgehead atoms. The topological polar surface area (TPSA) is 63.8 Å². The molecule has 3 rings (SSSR count). The molecule has 7 heteroatoms. The van der Waals surface area contributed by atoms with E-state index >= 15 is 0 Å². The van der Waals surface area contributed by atoms with E-state index in [1.807, 2.05) is 25.3 Å². The Hall–Kier alpha value is -1.66. The van der Waals surface area contributed by atoms with Gasteiger partial charge in [-0.3, -0.25) is 0 Å². The van der Waals surface area contributed by atoms with Crippen molar-refractivity contribution in [2.45, 2.75) is 20.4 Å². The highest BCUT2D eigenvalue weighted by Gasteiger charge is 2.11. The molecule has 0 unspecified atom stereocenters. The van der Waals surface area contributed by atoms with E-state index in [1.54, 1.807) is 0 Å². The molecule has 0 radical (unpaired) electrons.